The van der Waals surface area contributed by atoms with Crippen molar-refractivity contribution in [2.24, 2.45) is 5.92 Å². The Morgan fingerprint density at radius 1 is 0.458 bits per heavy atom. The fraction of sp³-hybridized carbons (Fsp3) is 0.953. The van der Waals surface area contributed by atoms with Crippen molar-refractivity contribution in [3.8, 4) is 0 Å². The Labute approximate surface area is 299 Å². The molecule has 0 aromatic carbocycles. The molecular weight excluding hydrogens is 596 g/mol. The molecule has 1 N–H and O–H groups in total. The van der Waals surface area contributed by atoms with Crippen LogP contribution in [0.2, 0.25) is 0 Å². The van der Waals surface area contributed by atoms with Gasteiger partial charge < -0.3 is 14.6 Å². The number of ether oxygens (including phenoxy) is 2. The number of unbranched alkanes of at least 4 members (excludes halogenated alkanes) is 29. The summed E-state index contributed by atoms with van der Waals surface area (Å²) in [5, 5.41) is 9.56. The minimum Gasteiger partial charge on any atom is -0.462 e. The van der Waals surface area contributed by atoms with Gasteiger partial charge in [-0.2, -0.15) is 0 Å². The topological polar surface area (TPSA) is 72.8 Å². The Balaban J connectivity index is 3.45. The van der Waals surface area contributed by atoms with Crippen LogP contribution in [-0.4, -0.2) is 36.4 Å². The molecule has 0 rings (SSSR count). The average Bonchev–Trinajstić information content (AvgIpc) is 3.07. The number of hydrogen-bond donors (Lipinski definition) is 1. The van der Waals surface area contributed by atoms with Crippen molar-refractivity contribution in [1.82, 2.24) is 0 Å². The molecule has 0 bridgehead atoms. The van der Waals surface area contributed by atoms with Gasteiger partial charge >= 0.3 is 11.9 Å². The van der Waals surface area contributed by atoms with Crippen molar-refractivity contribution in [3.05, 3.63) is 0 Å². The second kappa shape index (κ2) is 38.7. The Morgan fingerprint density at radius 3 is 1.10 bits per heavy atom. The van der Waals surface area contributed by atoms with Crippen LogP contribution in [0, 0.1) is 5.92 Å². The van der Waals surface area contributed by atoms with Gasteiger partial charge in [-0.25, -0.2) is 0 Å². The van der Waals surface area contributed by atoms with Crippen LogP contribution in [0.1, 0.15) is 239 Å². The third kappa shape index (κ3) is 37.7. The zero-order valence-electron chi connectivity index (χ0n) is 32.7. The molecule has 0 spiro atoms. The lowest BCUT2D eigenvalue weighted by molar-refractivity contribution is -0.161. The summed E-state index contributed by atoms with van der Waals surface area (Å²) in [7, 11) is 0. The lowest BCUT2D eigenvalue weighted by atomic mass is 10.0. The van der Waals surface area contributed by atoms with Crippen LogP contribution in [0.4, 0.5) is 0 Å². The van der Waals surface area contributed by atoms with Crippen molar-refractivity contribution < 1.29 is 24.2 Å². The Hall–Kier alpha value is -1.10. The third-order valence-electron chi connectivity index (χ3n) is 9.83. The summed E-state index contributed by atoms with van der Waals surface area (Å²) < 4.78 is 10.6. The average molecular weight is 681 g/mol. The summed E-state index contributed by atoms with van der Waals surface area (Å²) in [5.41, 5.74) is 0. The van der Waals surface area contributed by atoms with Crippen molar-refractivity contribution in [1.29, 1.82) is 0 Å². The molecule has 0 aliphatic rings. The Bertz CT molecular complexity index is 664. The smallest absolute Gasteiger partial charge is 0.306 e. The van der Waals surface area contributed by atoms with Crippen LogP contribution < -0.4 is 0 Å². The molecule has 1 atom stereocenters. The number of carbonyl (C=O) groups is 2. The molecule has 0 amide bonds. The maximum absolute atomic E-state index is 12.2. The number of rotatable bonds is 39. The van der Waals surface area contributed by atoms with E-state index in [2.05, 4.69) is 20.8 Å². The van der Waals surface area contributed by atoms with E-state index in [0.717, 1.165) is 38.0 Å². The number of hydrogen-bond acceptors (Lipinski definition) is 5. The molecule has 5 nitrogen and oxygen atoms in total. The molecule has 0 saturated carbocycles. The van der Waals surface area contributed by atoms with Crippen LogP contribution in [0.25, 0.3) is 0 Å². The highest BCUT2D eigenvalue weighted by atomic mass is 16.6. The number of aliphatic hydroxyl groups is 1. The van der Waals surface area contributed by atoms with Gasteiger partial charge in [0.25, 0.3) is 0 Å². The molecule has 0 unspecified atom stereocenters. The first kappa shape index (κ1) is 46.9. The van der Waals surface area contributed by atoms with Crippen molar-refractivity contribution in [2.45, 2.75) is 245 Å². The molecule has 0 heterocycles. The normalized spacial score (nSPS) is 12.1. The minimum absolute atomic E-state index is 0.0572. The fourth-order valence-electron chi connectivity index (χ4n) is 6.56. The summed E-state index contributed by atoms with van der Waals surface area (Å²) in [4.78, 5) is 24.3. The van der Waals surface area contributed by atoms with E-state index >= 15 is 0 Å². The quantitative estimate of drug-likeness (QED) is 0.0517. The number of esters is 2. The highest BCUT2D eigenvalue weighted by Crippen LogP contribution is 2.17. The maximum atomic E-state index is 12.2. The van der Waals surface area contributed by atoms with Gasteiger partial charge in [-0.05, 0) is 18.8 Å². The lowest BCUT2D eigenvalue weighted by Gasteiger charge is -2.15. The summed E-state index contributed by atoms with van der Waals surface area (Å²) >= 11 is 0. The Kier molecular flexibility index (Phi) is 37.8. The molecule has 0 fully saturated rings. The van der Waals surface area contributed by atoms with Gasteiger partial charge in [0.05, 0.1) is 6.61 Å². The Morgan fingerprint density at radius 2 is 0.771 bits per heavy atom. The number of aliphatic hydroxyl groups excluding tert-OH is 1. The van der Waals surface area contributed by atoms with E-state index in [-0.39, 0.29) is 25.2 Å². The first-order valence-electron chi connectivity index (χ1n) is 21.5. The van der Waals surface area contributed by atoms with E-state index < -0.39 is 6.10 Å². The molecule has 0 saturated heterocycles. The first-order chi connectivity index (χ1) is 23.5. The van der Waals surface area contributed by atoms with E-state index in [1.54, 1.807) is 0 Å². The predicted molar refractivity (Wildman–Crippen MR) is 205 cm³/mol. The van der Waals surface area contributed by atoms with Crippen LogP contribution in [0.5, 0.6) is 0 Å². The monoisotopic (exact) mass is 681 g/mol. The van der Waals surface area contributed by atoms with Crippen molar-refractivity contribution >= 4 is 11.9 Å². The highest BCUT2D eigenvalue weighted by molar-refractivity contribution is 5.70. The fourth-order valence-corrected chi connectivity index (χ4v) is 6.56. The van der Waals surface area contributed by atoms with Crippen LogP contribution in [0.15, 0.2) is 0 Å². The van der Waals surface area contributed by atoms with E-state index in [9.17, 15) is 14.7 Å². The predicted octanol–water partition coefficient (Wildman–Crippen LogP) is 13.4. The third-order valence-corrected chi connectivity index (χ3v) is 9.83. The van der Waals surface area contributed by atoms with Crippen molar-refractivity contribution in [2.75, 3.05) is 13.2 Å². The van der Waals surface area contributed by atoms with E-state index in [1.165, 1.54) is 173 Å². The summed E-state index contributed by atoms with van der Waals surface area (Å²) in [5.74, 6) is 0.290. The molecule has 48 heavy (non-hydrogen) atoms. The standard InChI is InChI=1S/C43H84O5/c1-4-5-6-7-8-9-10-17-21-24-27-30-33-36-42(45)47-39-41(38-44)48-43(46)37-34-31-28-25-22-19-16-14-12-11-13-15-18-20-23-26-29-32-35-40(2)3/h40-41,44H,4-39H2,1-3H3/t41-/m0/s1. The van der Waals surface area contributed by atoms with Gasteiger partial charge in [0.15, 0.2) is 6.10 Å². The summed E-state index contributed by atoms with van der Waals surface area (Å²) in [6.45, 7) is 6.54. The van der Waals surface area contributed by atoms with Gasteiger partial charge in [0, 0.05) is 12.8 Å². The van der Waals surface area contributed by atoms with Gasteiger partial charge in [-0.1, -0.05) is 213 Å². The summed E-state index contributed by atoms with van der Waals surface area (Å²) in [6.07, 6.45) is 41.7. The second-order valence-electron chi connectivity index (χ2n) is 15.3. The van der Waals surface area contributed by atoms with Crippen LogP contribution in [0.3, 0.4) is 0 Å². The largest absolute Gasteiger partial charge is 0.462 e. The van der Waals surface area contributed by atoms with E-state index in [1.807, 2.05) is 0 Å². The maximum Gasteiger partial charge on any atom is 0.306 e. The molecule has 286 valence electrons. The minimum atomic E-state index is -0.762. The molecule has 0 aliphatic carbocycles. The number of carbonyl (C=O) groups excluding carboxylic acids is 2. The highest BCUT2D eigenvalue weighted by Gasteiger charge is 2.16. The van der Waals surface area contributed by atoms with E-state index in [4.69, 9.17) is 9.47 Å². The molecule has 5 heteroatoms. The van der Waals surface area contributed by atoms with Gasteiger partial charge in [-0.15, -0.1) is 0 Å². The molecule has 0 aromatic rings. The lowest BCUT2D eigenvalue weighted by Crippen LogP contribution is -2.28. The molecule has 0 radical (unpaired) electrons. The van der Waals surface area contributed by atoms with Crippen LogP contribution in [-0.2, 0) is 19.1 Å². The molecular formula is C43H84O5. The second-order valence-corrected chi connectivity index (χ2v) is 15.3. The summed E-state index contributed by atoms with van der Waals surface area (Å²) in [6, 6.07) is 0. The zero-order chi connectivity index (χ0) is 35.2. The molecule has 0 aromatic heterocycles. The first-order valence-corrected chi connectivity index (χ1v) is 21.5. The molecule has 0 aliphatic heterocycles. The SMILES string of the molecule is CCCCCCCCCCCCCCCC(=O)OC[C@H](CO)OC(=O)CCCCCCCCCCCCCCCCCCCCC(C)C. The van der Waals surface area contributed by atoms with Crippen molar-refractivity contribution in [3.63, 3.8) is 0 Å². The van der Waals surface area contributed by atoms with E-state index in [0.29, 0.717) is 12.8 Å². The van der Waals surface area contributed by atoms with Gasteiger partial charge in [0.1, 0.15) is 6.61 Å². The van der Waals surface area contributed by atoms with Crippen LogP contribution >= 0.6 is 0 Å². The van der Waals surface area contributed by atoms with Gasteiger partial charge in [0.2, 0.25) is 0 Å². The zero-order valence-corrected chi connectivity index (χ0v) is 32.7. The van der Waals surface area contributed by atoms with Gasteiger partial charge in [-0.3, -0.25) is 9.59 Å².